The summed E-state index contributed by atoms with van der Waals surface area (Å²) in [7, 11) is 2.71. The number of amides is 4. The van der Waals surface area contributed by atoms with Crippen molar-refractivity contribution in [3.8, 4) is 22.5 Å². The maximum atomic E-state index is 13.7. The molecule has 4 atom stereocenters. The first-order chi connectivity index (χ1) is 28.8. The largest absolute Gasteiger partial charge is 0.465 e. The van der Waals surface area contributed by atoms with Gasteiger partial charge in [0.05, 0.1) is 43.0 Å². The van der Waals surface area contributed by atoms with E-state index < -0.39 is 24.3 Å². The Morgan fingerprint density at radius 1 is 0.767 bits per heavy atom. The van der Waals surface area contributed by atoms with E-state index in [1.54, 1.807) is 22.2 Å². The van der Waals surface area contributed by atoms with E-state index >= 15 is 0 Å². The lowest BCUT2D eigenvalue weighted by atomic mass is 10.0. The average molecular weight is 817 g/mol. The van der Waals surface area contributed by atoms with Crippen molar-refractivity contribution in [3.05, 3.63) is 60.4 Å². The molecule has 4 amide bonds. The Bertz CT molecular complexity index is 2620. The molecule has 60 heavy (non-hydrogen) atoms. The minimum absolute atomic E-state index is 0.141. The van der Waals surface area contributed by atoms with Crippen molar-refractivity contribution in [2.75, 3.05) is 27.2 Å². The minimum atomic E-state index is -1.15. The molecule has 0 bridgehead atoms. The number of hydrogen-bond donors (Lipinski definition) is 4. The summed E-state index contributed by atoms with van der Waals surface area (Å²) in [5.74, 6) is 0.401. The van der Waals surface area contributed by atoms with Crippen molar-refractivity contribution in [1.82, 2.24) is 59.9 Å². The number of aromatic nitrogens is 8. The third-order valence-electron chi connectivity index (χ3n) is 11.6. The van der Waals surface area contributed by atoms with Crippen LogP contribution in [0.1, 0.15) is 77.1 Å². The van der Waals surface area contributed by atoms with E-state index in [1.807, 2.05) is 64.1 Å². The molecule has 2 aliphatic heterocycles. The fourth-order valence-electron chi connectivity index (χ4n) is 8.47. The summed E-state index contributed by atoms with van der Waals surface area (Å²) in [5, 5.41) is 14.3. The van der Waals surface area contributed by atoms with Crippen LogP contribution in [0.15, 0.2) is 48.8 Å². The molecular weight excluding hydrogens is 769 g/mol. The molecule has 0 spiro atoms. The first-order valence-corrected chi connectivity index (χ1v) is 20.2. The minimum Gasteiger partial charge on any atom is -0.465 e. The van der Waals surface area contributed by atoms with Crippen molar-refractivity contribution in [1.29, 1.82) is 0 Å². The molecule has 8 rings (SSSR count). The number of fused-ring (bicyclic) bond motifs is 3. The Morgan fingerprint density at radius 3 is 1.72 bits per heavy atom. The van der Waals surface area contributed by atoms with Crippen LogP contribution >= 0.6 is 0 Å². The number of hydrogen-bond acceptors (Lipinski definition) is 11. The molecule has 0 aliphatic carbocycles. The number of aromatic amines is 2. The second-order valence-electron chi connectivity index (χ2n) is 16.2. The number of likely N-dealkylation sites (tertiary alicyclic amines) is 2. The number of nitrogens with one attached hydrogen (secondary N) is 3. The molecule has 2 aliphatic rings. The third kappa shape index (κ3) is 7.52. The average Bonchev–Trinajstić information content (AvgIpc) is 4.07. The van der Waals surface area contributed by atoms with Gasteiger partial charge in [-0.05, 0) is 60.4 Å². The number of nitrogens with zero attached hydrogens (tertiary/aromatic N) is 9. The molecule has 2 saturated heterocycles. The molecule has 4 N–H and O–H groups in total. The second-order valence-corrected chi connectivity index (χ2v) is 16.2. The van der Waals surface area contributed by atoms with Crippen molar-refractivity contribution in [2.24, 2.45) is 11.8 Å². The highest BCUT2D eigenvalue weighted by Crippen LogP contribution is 2.35. The van der Waals surface area contributed by atoms with Crippen LogP contribution in [0.4, 0.5) is 9.59 Å². The number of carboxylic acid groups (broad SMARTS) is 1. The normalized spacial score (nSPS) is 17.9. The molecule has 6 aromatic rings. The zero-order valence-corrected chi connectivity index (χ0v) is 34.3. The van der Waals surface area contributed by atoms with E-state index in [2.05, 4.69) is 25.3 Å². The molecule has 18 heteroatoms. The smallest absolute Gasteiger partial charge is 0.407 e. The van der Waals surface area contributed by atoms with Crippen molar-refractivity contribution in [3.63, 3.8) is 0 Å². The Kier molecular flexibility index (Phi) is 10.8. The lowest BCUT2D eigenvalue weighted by Crippen LogP contribution is -2.51. The maximum Gasteiger partial charge on any atom is 0.407 e. The summed E-state index contributed by atoms with van der Waals surface area (Å²) in [6, 6.07) is 9.88. The van der Waals surface area contributed by atoms with Gasteiger partial charge in [-0.3, -0.25) is 14.5 Å². The highest BCUT2D eigenvalue weighted by Gasteiger charge is 2.40. The quantitative estimate of drug-likeness (QED) is 0.128. The molecule has 2 fully saturated rings. The summed E-state index contributed by atoms with van der Waals surface area (Å²) < 4.78 is 4.76. The van der Waals surface area contributed by atoms with Crippen LogP contribution in [0.5, 0.6) is 0 Å². The summed E-state index contributed by atoms with van der Waals surface area (Å²) in [6.07, 6.45) is 4.57. The summed E-state index contributed by atoms with van der Waals surface area (Å²) in [6.45, 7) is 8.50. The number of methoxy groups -OCH3 is 1. The summed E-state index contributed by atoms with van der Waals surface area (Å²) in [4.78, 5) is 90.7. The predicted molar refractivity (Wildman–Crippen MR) is 221 cm³/mol. The van der Waals surface area contributed by atoms with Crippen molar-refractivity contribution in [2.45, 2.75) is 77.5 Å². The molecule has 2 aromatic carbocycles. The molecule has 0 radical (unpaired) electrons. The van der Waals surface area contributed by atoms with Gasteiger partial charge in [0, 0.05) is 31.3 Å². The maximum absolute atomic E-state index is 13.7. The number of ether oxygens (including phenoxy) is 1. The summed E-state index contributed by atoms with van der Waals surface area (Å²) in [5.41, 5.74) is 4.90. The molecule has 0 saturated carbocycles. The van der Waals surface area contributed by atoms with Gasteiger partial charge in [0.15, 0.2) is 22.6 Å². The Morgan fingerprint density at radius 2 is 1.27 bits per heavy atom. The van der Waals surface area contributed by atoms with E-state index in [0.717, 1.165) is 39.6 Å². The number of carbonyl (C=O) groups is 4. The zero-order chi connectivity index (χ0) is 42.4. The first-order valence-electron chi connectivity index (χ1n) is 20.2. The van der Waals surface area contributed by atoms with Crippen LogP contribution in [0, 0.1) is 11.8 Å². The number of carbonyl (C=O) groups excluding carboxylic acids is 3. The lowest BCUT2D eigenvalue weighted by molar-refractivity contribution is -0.138. The number of likely N-dealkylation sites (N-methyl/N-ethyl adjacent to an activating group) is 1. The van der Waals surface area contributed by atoms with Gasteiger partial charge in [0.2, 0.25) is 11.8 Å². The number of rotatable bonds is 10. The standard InChI is InChI=1S/C42H48N12O6/c1-21(2)31(47-41(57)60-6)39(55)53-15-7-9-29(53)33-48-35-37(50-33)45-27(19-43-35)25-13-11-24-18-26(14-12-23(24)17-25)28-20-44-36-38(46-28)51-34(49-36)30-10-8-16-54(30)40(56)32(22(3)4)52(5)42(58)59/h11-14,17-22,29-32H,7-10,15-16H2,1-6H3,(H,47,57)(H,58,59)(H,43,45,48,50)(H,44,46,49,51)/t29-,30-,31-,32-/m0/s1. The molecule has 312 valence electrons. The van der Waals surface area contributed by atoms with Crippen molar-refractivity contribution >= 4 is 57.4 Å². The Balaban J connectivity index is 0.999. The highest BCUT2D eigenvalue weighted by molar-refractivity contribution is 5.91. The van der Waals surface area contributed by atoms with Crippen LogP contribution in [-0.2, 0) is 14.3 Å². The van der Waals surface area contributed by atoms with Gasteiger partial charge < -0.3 is 34.9 Å². The topological polar surface area (TPSA) is 228 Å². The SMILES string of the molecule is COC(=O)N[C@H](C(=O)N1CCC[C@H]1c1nc2nc(-c3ccc4cc(-c5cnc6[nH]c([C@@H]7CCCN7C(=O)[C@H](C(C)C)N(C)C(=O)O)nc6n5)ccc4c3)cnc2[nH]1)C(C)C. The number of imidazole rings is 2. The van der Waals surface area contributed by atoms with Gasteiger partial charge in [0.25, 0.3) is 0 Å². The molecular formula is C42H48N12O6. The van der Waals surface area contributed by atoms with Gasteiger partial charge in [-0.25, -0.2) is 39.5 Å². The van der Waals surface area contributed by atoms with Gasteiger partial charge in [0.1, 0.15) is 23.7 Å². The molecule has 0 unspecified atom stereocenters. The van der Waals surface area contributed by atoms with Crippen LogP contribution in [0.3, 0.4) is 0 Å². The first kappa shape index (κ1) is 40.1. The van der Waals surface area contributed by atoms with Crippen LogP contribution in [0.2, 0.25) is 0 Å². The highest BCUT2D eigenvalue weighted by atomic mass is 16.5. The van der Waals surface area contributed by atoms with E-state index in [4.69, 9.17) is 24.7 Å². The monoisotopic (exact) mass is 816 g/mol. The Labute approximate surface area is 345 Å². The van der Waals surface area contributed by atoms with E-state index in [0.29, 0.717) is 71.6 Å². The predicted octanol–water partition coefficient (Wildman–Crippen LogP) is 5.85. The van der Waals surface area contributed by atoms with E-state index in [9.17, 15) is 24.3 Å². The van der Waals surface area contributed by atoms with Crippen LogP contribution in [-0.4, -0.2) is 123 Å². The molecule has 18 nitrogen and oxygen atoms in total. The summed E-state index contributed by atoms with van der Waals surface area (Å²) >= 11 is 0. The van der Waals surface area contributed by atoms with Crippen LogP contribution < -0.4 is 5.32 Å². The number of benzene rings is 2. The molecule has 6 heterocycles. The van der Waals surface area contributed by atoms with Gasteiger partial charge in [-0.15, -0.1) is 0 Å². The van der Waals surface area contributed by atoms with E-state index in [1.165, 1.54) is 14.2 Å². The van der Waals surface area contributed by atoms with Crippen molar-refractivity contribution < 1.29 is 29.0 Å². The number of alkyl carbamates (subject to hydrolysis) is 1. The lowest BCUT2D eigenvalue weighted by Gasteiger charge is -2.33. The van der Waals surface area contributed by atoms with Gasteiger partial charge in [-0.2, -0.15) is 0 Å². The second kappa shape index (κ2) is 16.1. The Hall–Kier alpha value is -6.72. The molecule has 4 aromatic heterocycles. The van der Waals surface area contributed by atoms with Crippen LogP contribution in [0.25, 0.3) is 55.9 Å². The number of H-pyrrole nitrogens is 2. The zero-order valence-electron chi connectivity index (χ0n) is 34.3. The fourth-order valence-corrected chi connectivity index (χ4v) is 8.47. The fraction of sp³-hybridized carbons (Fsp3) is 0.429. The van der Waals surface area contributed by atoms with E-state index in [-0.39, 0.29) is 35.7 Å². The van der Waals surface area contributed by atoms with Gasteiger partial charge in [-0.1, -0.05) is 52.0 Å². The van der Waals surface area contributed by atoms with Gasteiger partial charge >= 0.3 is 12.2 Å². The third-order valence-corrected chi connectivity index (χ3v) is 11.6.